The van der Waals surface area contributed by atoms with Gasteiger partial charge in [-0.2, -0.15) is 39.5 Å². The summed E-state index contributed by atoms with van der Waals surface area (Å²) in [6.07, 6.45) is -19.4. The molecule has 36 heavy (non-hydrogen) atoms. The van der Waals surface area contributed by atoms with Gasteiger partial charge in [0.2, 0.25) is 6.10 Å². The second kappa shape index (κ2) is 9.81. The molecule has 0 aliphatic heterocycles. The first-order chi connectivity index (χ1) is 15.9. The van der Waals surface area contributed by atoms with Gasteiger partial charge in [0.15, 0.2) is 5.60 Å². The van der Waals surface area contributed by atoms with Crippen molar-refractivity contribution < 1.29 is 58.9 Å². The summed E-state index contributed by atoms with van der Waals surface area (Å²) in [5.74, 6) is -2.17. The molecule has 2 fully saturated rings. The van der Waals surface area contributed by atoms with Crippen molar-refractivity contribution in [2.45, 2.75) is 103 Å². The molecule has 0 heterocycles. The Balaban J connectivity index is 2.13. The predicted octanol–water partition coefficient (Wildman–Crippen LogP) is 6.60. The first kappa shape index (κ1) is 31.0. The standard InChI is InChI=1S/C23H33F9O4/c1-6-19(4,11-35-16(21(24,25)26)22(27,28)29)17(33)36-18(2,3)15-9-12-7-13(14(15)8-12)10-20(5,34)23(30,31)32/h12-16,34H,6-11H2,1-5H3. The molecular formula is C23H33F9O4. The maximum atomic E-state index is 13.2. The second-order valence-electron chi connectivity index (χ2n) is 11.3. The summed E-state index contributed by atoms with van der Waals surface area (Å²) in [6.45, 7) is 5.09. The molecule has 13 heteroatoms. The van der Waals surface area contributed by atoms with E-state index in [1.165, 1.54) is 20.8 Å². The van der Waals surface area contributed by atoms with Crippen molar-refractivity contribution in [2.24, 2.45) is 29.1 Å². The minimum Gasteiger partial charge on any atom is -0.459 e. The molecule has 4 nitrogen and oxygen atoms in total. The Kier molecular flexibility index (Phi) is 8.45. The fraction of sp³-hybridized carbons (Fsp3) is 0.957. The molecule has 2 saturated carbocycles. The van der Waals surface area contributed by atoms with E-state index in [1.807, 2.05) is 0 Å². The molecule has 1 N–H and O–H groups in total. The number of hydrogen-bond acceptors (Lipinski definition) is 4. The van der Waals surface area contributed by atoms with E-state index in [1.54, 1.807) is 0 Å². The van der Waals surface area contributed by atoms with Gasteiger partial charge in [-0.05, 0) is 77.6 Å². The average molecular weight is 544 g/mol. The van der Waals surface area contributed by atoms with E-state index in [4.69, 9.17) is 4.74 Å². The Morgan fingerprint density at radius 1 is 0.917 bits per heavy atom. The van der Waals surface area contributed by atoms with Crippen LogP contribution in [-0.2, 0) is 14.3 Å². The molecule has 2 aliphatic rings. The fourth-order valence-electron chi connectivity index (χ4n) is 5.54. The van der Waals surface area contributed by atoms with Crippen molar-refractivity contribution in [3.8, 4) is 0 Å². The lowest BCUT2D eigenvalue weighted by atomic mass is 9.70. The van der Waals surface area contributed by atoms with Crippen molar-refractivity contribution in [3.05, 3.63) is 0 Å². The lowest BCUT2D eigenvalue weighted by Gasteiger charge is -2.43. The van der Waals surface area contributed by atoms with Crippen molar-refractivity contribution in [1.29, 1.82) is 0 Å². The third kappa shape index (κ3) is 6.60. The van der Waals surface area contributed by atoms with E-state index in [0.717, 1.165) is 6.92 Å². The Labute approximate surface area is 203 Å². The van der Waals surface area contributed by atoms with Crippen LogP contribution in [0.4, 0.5) is 39.5 Å². The maximum absolute atomic E-state index is 13.2. The second-order valence-corrected chi connectivity index (χ2v) is 11.3. The lowest BCUT2D eigenvalue weighted by Crippen LogP contribution is -2.50. The van der Waals surface area contributed by atoms with Crippen LogP contribution < -0.4 is 0 Å². The Hall–Kier alpha value is -1.24. The summed E-state index contributed by atoms with van der Waals surface area (Å²) >= 11 is 0. The molecule has 0 radical (unpaired) electrons. The third-order valence-corrected chi connectivity index (χ3v) is 7.91. The molecule has 0 aromatic heterocycles. The summed E-state index contributed by atoms with van der Waals surface area (Å²) in [7, 11) is 0. The molecule has 6 atom stereocenters. The van der Waals surface area contributed by atoms with E-state index in [-0.39, 0.29) is 18.3 Å². The van der Waals surface area contributed by atoms with Crippen molar-refractivity contribution >= 4 is 5.97 Å². The number of alkyl halides is 9. The minimum absolute atomic E-state index is 0.0623. The predicted molar refractivity (Wildman–Crippen MR) is 110 cm³/mol. The molecule has 6 unspecified atom stereocenters. The number of ether oxygens (including phenoxy) is 2. The number of rotatable bonds is 9. The number of esters is 1. The number of carbonyl (C=O) groups is 1. The summed E-state index contributed by atoms with van der Waals surface area (Å²) in [6, 6.07) is 0. The molecule has 0 aromatic carbocycles. The molecule has 0 amide bonds. The van der Waals surface area contributed by atoms with Crippen LogP contribution in [0, 0.1) is 29.1 Å². The van der Waals surface area contributed by atoms with Crippen LogP contribution in [-0.4, -0.2) is 53.5 Å². The van der Waals surface area contributed by atoms with Crippen molar-refractivity contribution in [2.75, 3.05) is 6.61 Å². The summed E-state index contributed by atoms with van der Waals surface area (Å²) in [5, 5.41) is 9.95. The van der Waals surface area contributed by atoms with Gasteiger partial charge in [0, 0.05) is 5.92 Å². The summed E-state index contributed by atoms with van der Waals surface area (Å²) in [4.78, 5) is 13.0. The minimum atomic E-state index is -5.73. The van der Waals surface area contributed by atoms with Crippen LogP contribution in [0.25, 0.3) is 0 Å². The monoisotopic (exact) mass is 544 g/mol. The van der Waals surface area contributed by atoms with E-state index in [9.17, 15) is 49.4 Å². The Bertz CT molecular complexity index is 774. The Morgan fingerprint density at radius 3 is 1.86 bits per heavy atom. The maximum Gasteiger partial charge on any atom is 0.423 e. The number of fused-ring (bicyclic) bond motifs is 2. The topological polar surface area (TPSA) is 55.8 Å². The lowest BCUT2D eigenvalue weighted by molar-refractivity contribution is -0.326. The quantitative estimate of drug-likeness (QED) is 0.263. The highest BCUT2D eigenvalue weighted by Crippen LogP contribution is 2.58. The van der Waals surface area contributed by atoms with Crippen LogP contribution in [0.2, 0.25) is 0 Å². The smallest absolute Gasteiger partial charge is 0.423 e. The van der Waals surface area contributed by atoms with E-state index < -0.39 is 72.1 Å². The van der Waals surface area contributed by atoms with Gasteiger partial charge in [0.05, 0.1) is 12.0 Å². The first-order valence-corrected chi connectivity index (χ1v) is 11.7. The van der Waals surface area contributed by atoms with E-state index >= 15 is 0 Å². The van der Waals surface area contributed by atoms with E-state index in [2.05, 4.69) is 4.74 Å². The molecule has 0 aromatic rings. The van der Waals surface area contributed by atoms with Gasteiger partial charge in [0.1, 0.15) is 5.60 Å². The van der Waals surface area contributed by atoms with Gasteiger partial charge in [-0.1, -0.05) is 6.92 Å². The molecule has 2 bridgehead atoms. The molecule has 212 valence electrons. The summed E-state index contributed by atoms with van der Waals surface area (Å²) < 4.78 is 126. The number of hydrogen-bond donors (Lipinski definition) is 1. The number of halogens is 9. The van der Waals surface area contributed by atoms with Crippen LogP contribution in [0.1, 0.15) is 66.7 Å². The average Bonchev–Trinajstić information content (AvgIpc) is 3.24. The van der Waals surface area contributed by atoms with Gasteiger partial charge in [-0.25, -0.2) is 0 Å². The molecular weight excluding hydrogens is 511 g/mol. The number of aliphatic hydroxyl groups is 1. The van der Waals surface area contributed by atoms with Gasteiger partial charge < -0.3 is 14.6 Å². The molecule has 0 saturated heterocycles. The fourth-order valence-corrected chi connectivity index (χ4v) is 5.54. The molecule has 2 aliphatic carbocycles. The SMILES string of the molecule is CCC(C)(COC(C(F)(F)F)C(F)(F)F)C(=O)OC(C)(C)C1CC2CC(CC(C)(O)C(F)(F)F)C1C2. The van der Waals surface area contributed by atoms with Crippen LogP contribution >= 0.6 is 0 Å². The number of carbonyl (C=O) groups excluding carboxylic acids is 1. The van der Waals surface area contributed by atoms with E-state index in [0.29, 0.717) is 26.2 Å². The zero-order chi connectivity index (χ0) is 28.1. The van der Waals surface area contributed by atoms with Crippen molar-refractivity contribution in [1.82, 2.24) is 0 Å². The summed E-state index contributed by atoms with van der Waals surface area (Å²) in [5.41, 5.74) is -5.98. The normalized spacial score (nSPS) is 28.8. The zero-order valence-electron chi connectivity index (χ0n) is 20.7. The largest absolute Gasteiger partial charge is 0.459 e. The first-order valence-electron chi connectivity index (χ1n) is 11.7. The van der Waals surface area contributed by atoms with Gasteiger partial charge in [-0.15, -0.1) is 0 Å². The van der Waals surface area contributed by atoms with Crippen LogP contribution in [0.15, 0.2) is 0 Å². The Morgan fingerprint density at radius 2 is 1.44 bits per heavy atom. The van der Waals surface area contributed by atoms with Crippen molar-refractivity contribution in [3.63, 3.8) is 0 Å². The third-order valence-electron chi connectivity index (χ3n) is 7.91. The van der Waals surface area contributed by atoms with Gasteiger partial charge in [0.25, 0.3) is 0 Å². The van der Waals surface area contributed by atoms with Gasteiger partial charge in [-0.3, -0.25) is 4.79 Å². The molecule has 0 spiro atoms. The zero-order valence-corrected chi connectivity index (χ0v) is 20.7. The van der Waals surface area contributed by atoms with Crippen LogP contribution in [0.5, 0.6) is 0 Å². The highest BCUT2D eigenvalue weighted by molar-refractivity contribution is 5.77. The molecule has 2 rings (SSSR count). The van der Waals surface area contributed by atoms with Crippen LogP contribution in [0.3, 0.4) is 0 Å². The highest BCUT2D eigenvalue weighted by atomic mass is 19.4. The highest BCUT2D eigenvalue weighted by Gasteiger charge is 2.60. The van der Waals surface area contributed by atoms with Gasteiger partial charge >= 0.3 is 24.5 Å².